The Morgan fingerprint density at radius 2 is 2.10 bits per heavy atom. The highest BCUT2D eigenvalue weighted by atomic mass is 35.5. The molecule has 110 valence electrons. The highest BCUT2D eigenvalue weighted by Crippen LogP contribution is 2.31. The number of rotatable bonds is 1. The highest BCUT2D eigenvalue weighted by molar-refractivity contribution is 6.30. The van der Waals surface area contributed by atoms with Crippen molar-refractivity contribution < 1.29 is 0 Å². The van der Waals surface area contributed by atoms with Gasteiger partial charge in [0.1, 0.15) is 11.0 Å². The minimum absolute atomic E-state index is 0.593. The Morgan fingerprint density at radius 1 is 1.19 bits per heavy atom. The van der Waals surface area contributed by atoms with Gasteiger partial charge in [-0.3, -0.25) is 4.90 Å². The second-order valence-electron chi connectivity index (χ2n) is 6.27. The summed E-state index contributed by atoms with van der Waals surface area (Å²) in [5.74, 6) is 1.06. The monoisotopic (exact) mass is 301 g/mol. The van der Waals surface area contributed by atoms with E-state index in [0.29, 0.717) is 11.2 Å². The highest BCUT2D eigenvalue weighted by Gasteiger charge is 2.31. The fourth-order valence-corrected chi connectivity index (χ4v) is 3.93. The van der Waals surface area contributed by atoms with Crippen LogP contribution in [0, 0.1) is 6.92 Å². The van der Waals surface area contributed by atoms with Gasteiger partial charge in [0, 0.05) is 31.1 Å². The zero-order valence-electron chi connectivity index (χ0n) is 12.3. The third kappa shape index (κ3) is 2.39. The van der Waals surface area contributed by atoms with Gasteiger partial charge >= 0.3 is 0 Å². The molecule has 4 heteroatoms. The molecule has 21 heavy (non-hydrogen) atoms. The van der Waals surface area contributed by atoms with Crippen molar-refractivity contribution in [2.75, 3.05) is 31.1 Å². The Bertz CT molecular complexity index is 685. The first-order valence-electron chi connectivity index (χ1n) is 7.76. The number of fused-ring (bicyclic) bond motifs is 2. The molecule has 0 amide bonds. The fourth-order valence-electron chi connectivity index (χ4n) is 3.74. The molecule has 0 unspecified atom stereocenters. The van der Waals surface area contributed by atoms with Crippen LogP contribution in [-0.4, -0.2) is 42.1 Å². The van der Waals surface area contributed by atoms with Gasteiger partial charge in [0.25, 0.3) is 0 Å². The van der Waals surface area contributed by atoms with E-state index in [9.17, 15) is 0 Å². The van der Waals surface area contributed by atoms with Gasteiger partial charge in [-0.05, 0) is 43.8 Å². The number of hydrogen-bond donors (Lipinski definition) is 0. The van der Waals surface area contributed by atoms with E-state index >= 15 is 0 Å². The first-order valence-corrected chi connectivity index (χ1v) is 8.14. The summed E-state index contributed by atoms with van der Waals surface area (Å²) in [6, 6.07) is 9.17. The molecule has 0 saturated carbocycles. The molecular formula is C17H20ClN3. The summed E-state index contributed by atoms with van der Waals surface area (Å²) in [6.07, 6.45) is 2.65. The van der Waals surface area contributed by atoms with Gasteiger partial charge in [-0.2, -0.15) is 0 Å². The number of benzene rings is 1. The smallest absolute Gasteiger partial charge is 0.138 e. The van der Waals surface area contributed by atoms with Crippen molar-refractivity contribution in [1.82, 2.24) is 9.88 Å². The van der Waals surface area contributed by atoms with Crippen LogP contribution >= 0.6 is 11.6 Å². The van der Waals surface area contributed by atoms with Crippen LogP contribution in [0.2, 0.25) is 5.15 Å². The second-order valence-corrected chi connectivity index (χ2v) is 6.66. The van der Waals surface area contributed by atoms with Crippen molar-refractivity contribution in [2.24, 2.45) is 0 Å². The zero-order valence-corrected chi connectivity index (χ0v) is 13.1. The quantitative estimate of drug-likeness (QED) is 0.752. The Balaban J connectivity index is 1.76. The summed E-state index contributed by atoms with van der Waals surface area (Å²) in [4.78, 5) is 9.70. The summed E-state index contributed by atoms with van der Waals surface area (Å²) in [7, 11) is 0. The van der Waals surface area contributed by atoms with Gasteiger partial charge in [0.05, 0.1) is 0 Å². The second kappa shape index (κ2) is 5.15. The molecule has 2 aliphatic rings. The van der Waals surface area contributed by atoms with Gasteiger partial charge in [0.15, 0.2) is 0 Å². The van der Waals surface area contributed by atoms with Crippen molar-refractivity contribution >= 4 is 28.2 Å². The van der Waals surface area contributed by atoms with Crippen molar-refractivity contribution in [3.63, 3.8) is 0 Å². The van der Waals surface area contributed by atoms with Gasteiger partial charge in [-0.15, -0.1) is 0 Å². The summed E-state index contributed by atoms with van der Waals surface area (Å²) in [6.45, 7) is 6.67. The number of pyridine rings is 1. The molecule has 1 aromatic carbocycles. The molecule has 2 saturated heterocycles. The van der Waals surface area contributed by atoms with Crippen LogP contribution in [0.4, 0.5) is 5.82 Å². The van der Waals surface area contributed by atoms with Crippen molar-refractivity contribution in [1.29, 1.82) is 0 Å². The van der Waals surface area contributed by atoms with Crippen molar-refractivity contribution in [3.8, 4) is 0 Å². The first-order chi connectivity index (χ1) is 10.2. The van der Waals surface area contributed by atoms with Crippen LogP contribution in [-0.2, 0) is 0 Å². The predicted octanol–water partition coefficient (Wildman–Crippen LogP) is 3.48. The summed E-state index contributed by atoms with van der Waals surface area (Å²) in [5, 5.41) is 3.01. The van der Waals surface area contributed by atoms with Crippen LogP contribution in [0.25, 0.3) is 10.8 Å². The summed E-state index contributed by atoms with van der Waals surface area (Å²) >= 11 is 6.25. The zero-order chi connectivity index (χ0) is 14.4. The first kappa shape index (κ1) is 13.4. The van der Waals surface area contributed by atoms with E-state index in [-0.39, 0.29) is 0 Å². The summed E-state index contributed by atoms with van der Waals surface area (Å²) in [5.41, 5.74) is 1.27. The largest absolute Gasteiger partial charge is 0.353 e. The number of halogens is 1. The molecule has 1 atom stereocenters. The standard InChI is InChI=1S/C17H20ClN3/c1-12-4-5-13-10-16(18)19-17(15(13)9-12)21-8-7-20-6-2-3-14(20)11-21/h4-5,9-10,14H,2-3,6-8,11H2,1H3/t14-/m0/s1. The average molecular weight is 302 g/mol. The van der Waals surface area contributed by atoms with Crippen molar-refractivity contribution in [2.45, 2.75) is 25.8 Å². The fraction of sp³-hybridized carbons (Fsp3) is 0.471. The maximum absolute atomic E-state index is 6.25. The number of aromatic nitrogens is 1. The Kier molecular flexibility index (Phi) is 3.27. The molecule has 0 aliphatic carbocycles. The number of hydrogen-bond acceptors (Lipinski definition) is 3. The van der Waals surface area contributed by atoms with Gasteiger partial charge < -0.3 is 4.90 Å². The normalized spacial score (nSPS) is 22.8. The molecular weight excluding hydrogens is 282 g/mol. The van der Waals surface area contributed by atoms with Gasteiger partial charge in [-0.1, -0.05) is 29.3 Å². The number of nitrogens with zero attached hydrogens (tertiary/aromatic N) is 3. The van der Waals surface area contributed by atoms with Crippen LogP contribution in [0.1, 0.15) is 18.4 Å². The third-order valence-electron chi connectivity index (χ3n) is 4.82. The van der Waals surface area contributed by atoms with Crippen molar-refractivity contribution in [3.05, 3.63) is 35.0 Å². The van der Waals surface area contributed by atoms with E-state index in [1.807, 2.05) is 6.07 Å². The van der Waals surface area contributed by atoms with Crippen LogP contribution in [0.15, 0.2) is 24.3 Å². The minimum atomic E-state index is 0.593. The van der Waals surface area contributed by atoms with Crippen LogP contribution < -0.4 is 4.90 Å². The van der Waals surface area contributed by atoms with E-state index in [1.165, 1.54) is 35.7 Å². The lowest BCUT2D eigenvalue weighted by molar-refractivity contribution is 0.230. The molecule has 0 bridgehead atoms. The molecule has 2 fully saturated rings. The van der Waals surface area contributed by atoms with Crippen LogP contribution in [0.5, 0.6) is 0 Å². The third-order valence-corrected chi connectivity index (χ3v) is 5.02. The molecule has 2 aliphatic heterocycles. The molecule has 2 aromatic rings. The number of aryl methyl sites for hydroxylation is 1. The maximum atomic E-state index is 6.25. The molecule has 3 nitrogen and oxygen atoms in total. The topological polar surface area (TPSA) is 19.4 Å². The van der Waals surface area contributed by atoms with E-state index < -0.39 is 0 Å². The molecule has 0 N–H and O–H groups in total. The van der Waals surface area contributed by atoms with E-state index in [0.717, 1.165) is 25.5 Å². The van der Waals surface area contributed by atoms with Crippen LogP contribution in [0.3, 0.4) is 0 Å². The van der Waals surface area contributed by atoms with Gasteiger partial charge in [-0.25, -0.2) is 4.98 Å². The minimum Gasteiger partial charge on any atom is -0.353 e. The number of piperazine rings is 1. The molecule has 1 aromatic heterocycles. The van der Waals surface area contributed by atoms with E-state index in [2.05, 4.69) is 39.9 Å². The predicted molar refractivity (Wildman–Crippen MR) is 88.3 cm³/mol. The Morgan fingerprint density at radius 3 is 3.00 bits per heavy atom. The Labute approximate surface area is 130 Å². The lowest BCUT2D eigenvalue weighted by Crippen LogP contribution is -2.50. The average Bonchev–Trinajstić information content (AvgIpc) is 2.94. The van der Waals surface area contributed by atoms with E-state index in [1.54, 1.807) is 0 Å². The molecule has 4 rings (SSSR count). The lowest BCUT2D eigenvalue weighted by Gasteiger charge is -2.38. The molecule has 0 radical (unpaired) electrons. The molecule has 3 heterocycles. The Hall–Kier alpha value is -1.32. The molecule has 0 spiro atoms. The SMILES string of the molecule is Cc1ccc2cc(Cl)nc(N3CCN4CCC[C@H]4C3)c2c1. The van der Waals surface area contributed by atoms with Gasteiger partial charge in [0.2, 0.25) is 0 Å². The lowest BCUT2D eigenvalue weighted by atomic mass is 10.1. The summed E-state index contributed by atoms with van der Waals surface area (Å²) < 4.78 is 0. The van der Waals surface area contributed by atoms with E-state index in [4.69, 9.17) is 11.6 Å². The maximum Gasteiger partial charge on any atom is 0.138 e. The number of anilines is 1.